The Morgan fingerprint density at radius 1 is 1.14 bits per heavy atom. The standard InChI is InChI=1S/C21H27ClN2O4S/c1-14(2)28-19-10-7-17(8-11-19)13-23-21(25)16(4)24(29(5,26)27)20-12-18(22)9-6-15(20)3/h6-12,14,16H,13H2,1-5H3,(H,23,25). The van der Waals surface area contributed by atoms with Crippen LogP contribution in [0, 0.1) is 6.92 Å². The van der Waals surface area contributed by atoms with Gasteiger partial charge in [0.05, 0.1) is 18.0 Å². The van der Waals surface area contributed by atoms with Crippen LogP contribution in [0.4, 0.5) is 5.69 Å². The number of halogens is 1. The monoisotopic (exact) mass is 438 g/mol. The Kier molecular flexibility index (Phi) is 7.54. The van der Waals surface area contributed by atoms with Gasteiger partial charge < -0.3 is 10.1 Å². The van der Waals surface area contributed by atoms with Gasteiger partial charge in [0.1, 0.15) is 11.8 Å². The Morgan fingerprint density at radius 2 is 1.76 bits per heavy atom. The summed E-state index contributed by atoms with van der Waals surface area (Å²) in [5.41, 5.74) is 1.98. The number of carbonyl (C=O) groups excluding carboxylic acids is 1. The maximum absolute atomic E-state index is 12.7. The van der Waals surface area contributed by atoms with Crippen molar-refractivity contribution in [1.29, 1.82) is 0 Å². The smallest absolute Gasteiger partial charge is 0.243 e. The highest BCUT2D eigenvalue weighted by Gasteiger charge is 2.30. The van der Waals surface area contributed by atoms with E-state index in [-0.39, 0.29) is 12.6 Å². The van der Waals surface area contributed by atoms with Gasteiger partial charge in [-0.3, -0.25) is 9.10 Å². The van der Waals surface area contributed by atoms with E-state index in [1.807, 2.05) is 38.1 Å². The van der Waals surface area contributed by atoms with Gasteiger partial charge in [0, 0.05) is 11.6 Å². The molecule has 0 aromatic heterocycles. The number of hydrogen-bond acceptors (Lipinski definition) is 4. The fourth-order valence-corrected chi connectivity index (χ4v) is 4.29. The number of carbonyl (C=O) groups is 1. The second-order valence-corrected chi connectivity index (χ2v) is 9.49. The lowest BCUT2D eigenvalue weighted by molar-refractivity contribution is -0.122. The third kappa shape index (κ3) is 6.37. The van der Waals surface area contributed by atoms with Crippen LogP contribution in [0.2, 0.25) is 5.02 Å². The minimum absolute atomic E-state index is 0.0818. The van der Waals surface area contributed by atoms with E-state index in [1.165, 1.54) is 0 Å². The highest BCUT2D eigenvalue weighted by atomic mass is 35.5. The van der Waals surface area contributed by atoms with E-state index in [9.17, 15) is 13.2 Å². The number of aryl methyl sites for hydroxylation is 1. The first-order valence-corrected chi connectivity index (χ1v) is 11.5. The maximum atomic E-state index is 12.7. The van der Waals surface area contributed by atoms with Crippen LogP contribution in [0.3, 0.4) is 0 Å². The molecular formula is C21H27ClN2O4S. The van der Waals surface area contributed by atoms with Gasteiger partial charge >= 0.3 is 0 Å². The van der Waals surface area contributed by atoms with E-state index < -0.39 is 22.0 Å². The summed E-state index contributed by atoms with van der Waals surface area (Å²) in [6.45, 7) is 7.50. The van der Waals surface area contributed by atoms with Crippen LogP contribution < -0.4 is 14.4 Å². The quantitative estimate of drug-likeness (QED) is 0.678. The van der Waals surface area contributed by atoms with Crippen LogP contribution in [-0.4, -0.2) is 32.7 Å². The summed E-state index contributed by atoms with van der Waals surface area (Å²) in [7, 11) is -3.70. The summed E-state index contributed by atoms with van der Waals surface area (Å²) in [6, 6.07) is 11.4. The van der Waals surface area contributed by atoms with E-state index >= 15 is 0 Å². The molecule has 0 fully saturated rings. The van der Waals surface area contributed by atoms with Crippen molar-refractivity contribution in [2.45, 2.75) is 46.4 Å². The first kappa shape index (κ1) is 23.0. The van der Waals surface area contributed by atoms with Crippen molar-refractivity contribution in [3.63, 3.8) is 0 Å². The van der Waals surface area contributed by atoms with Crippen LogP contribution in [-0.2, 0) is 21.4 Å². The molecule has 1 amide bonds. The molecule has 0 heterocycles. The Balaban J connectivity index is 2.14. The van der Waals surface area contributed by atoms with Gasteiger partial charge in [-0.25, -0.2) is 8.42 Å². The summed E-state index contributed by atoms with van der Waals surface area (Å²) in [6.07, 6.45) is 1.16. The van der Waals surface area contributed by atoms with Gasteiger partial charge in [-0.2, -0.15) is 0 Å². The molecule has 1 N–H and O–H groups in total. The number of hydrogen-bond donors (Lipinski definition) is 1. The molecule has 0 bridgehead atoms. The van der Waals surface area contributed by atoms with Gasteiger partial charge in [-0.1, -0.05) is 29.8 Å². The molecular weight excluding hydrogens is 412 g/mol. The molecule has 1 unspecified atom stereocenters. The van der Waals surface area contributed by atoms with Crippen molar-refractivity contribution < 1.29 is 17.9 Å². The van der Waals surface area contributed by atoms with E-state index in [0.717, 1.165) is 21.9 Å². The Hall–Kier alpha value is -2.25. The average Bonchev–Trinajstić information content (AvgIpc) is 2.62. The summed E-state index contributed by atoms with van der Waals surface area (Å²) >= 11 is 6.05. The van der Waals surface area contributed by atoms with E-state index in [0.29, 0.717) is 16.3 Å². The van der Waals surface area contributed by atoms with Crippen molar-refractivity contribution in [3.8, 4) is 5.75 Å². The first-order chi connectivity index (χ1) is 13.5. The number of ether oxygens (including phenoxy) is 1. The van der Waals surface area contributed by atoms with Crippen LogP contribution in [0.15, 0.2) is 42.5 Å². The van der Waals surface area contributed by atoms with E-state index in [4.69, 9.17) is 16.3 Å². The van der Waals surface area contributed by atoms with Crippen molar-refractivity contribution >= 4 is 33.2 Å². The van der Waals surface area contributed by atoms with Crippen LogP contribution in [0.1, 0.15) is 31.9 Å². The number of anilines is 1. The molecule has 29 heavy (non-hydrogen) atoms. The third-order valence-corrected chi connectivity index (χ3v) is 5.72. The molecule has 0 radical (unpaired) electrons. The maximum Gasteiger partial charge on any atom is 0.243 e. The van der Waals surface area contributed by atoms with Gasteiger partial charge in [-0.05, 0) is 63.1 Å². The highest BCUT2D eigenvalue weighted by Crippen LogP contribution is 2.28. The SMILES string of the molecule is Cc1ccc(Cl)cc1N(C(C)C(=O)NCc1ccc(OC(C)C)cc1)S(C)(=O)=O. The molecule has 0 saturated heterocycles. The van der Waals surface area contributed by atoms with Gasteiger partial charge in [0.15, 0.2) is 0 Å². The minimum Gasteiger partial charge on any atom is -0.491 e. The Labute approximate surface area is 177 Å². The molecule has 1 atom stereocenters. The van der Waals surface area contributed by atoms with Gasteiger partial charge in [-0.15, -0.1) is 0 Å². The summed E-state index contributed by atoms with van der Waals surface area (Å²) in [5, 5.41) is 3.20. The van der Waals surface area contributed by atoms with E-state index in [2.05, 4.69) is 5.32 Å². The lowest BCUT2D eigenvalue weighted by Crippen LogP contribution is -2.48. The third-order valence-electron chi connectivity index (χ3n) is 4.26. The van der Waals surface area contributed by atoms with Crippen LogP contribution in [0.5, 0.6) is 5.75 Å². The lowest BCUT2D eigenvalue weighted by Gasteiger charge is -2.29. The molecule has 6 nitrogen and oxygen atoms in total. The molecule has 0 aliphatic rings. The number of rotatable bonds is 8. The number of amides is 1. The number of nitrogens with zero attached hydrogens (tertiary/aromatic N) is 1. The fourth-order valence-electron chi connectivity index (χ4n) is 2.90. The van der Waals surface area contributed by atoms with Crippen molar-refractivity contribution in [3.05, 3.63) is 58.6 Å². The molecule has 0 aliphatic heterocycles. The Bertz CT molecular complexity index is 959. The number of sulfonamides is 1. The molecule has 0 saturated carbocycles. The first-order valence-electron chi connectivity index (χ1n) is 9.28. The fraction of sp³-hybridized carbons (Fsp3) is 0.381. The number of nitrogens with one attached hydrogen (secondary N) is 1. The van der Waals surface area contributed by atoms with Crippen molar-refractivity contribution in [1.82, 2.24) is 5.32 Å². The highest BCUT2D eigenvalue weighted by molar-refractivity contribution is 7.92. The Morgan fingerprint density at radius 3 is 2.31 bits per heavy atom. The summed E-state index contributed by atoms with van der Waals surface area (Å²) < 4.78 is 31.6. The lowest BCUT2D eigenvalue weighted by atomic mass is 10.1. The zero-order valence-electron chi connectivity index (χ0n) is 17.3. The van der Waals surface area contributed by atoms with Crippen LogP contribution in [0.25, 0.3) is 0 Å². The summed E-state index contributed by atoms with van der Waals surface area (Å²) in [5.74, 6) is 0.348. The van der Waals surface area contributed by atoms with Gasteiger partial charge in [0.25, 0.3) is 0 Å². The zero-order chi connectivity index (χ0) is 21.8. The number of benzene rings is 2. The van der Waals surface area contributed by atoms with Gasteiger partial charge in [0.2, 0.25) is 15.9 Å². The zero-order valence-corrected chi connectivity index (χ0v) is 18.8. The molecule has 2 rings (SSSR count). The normalized spacial score (nSPS) is 12.5. The predicted octanol–water partition coefficient (Wildman–Crippen LogP) is 3.91. The summed E-state index contributed by atoms with van der Waals surface area (Å²) in [4.78, 5) is 12.7. The minimum atomic E-state index is -3.70. The molecule has 2 aromatic carbocycles. The molecule has 8 heteroatoms. The second-order valence-electron chi connectivity index (χ2n) is 7.19. The molecule has 158 valence electrons. The molecule has 2 aromatic rings. The van der Waals surface area contributed by atoms with Crippen LogP contribution >= 0.6 is 11.6 Å². The predicted molar refractivity (Wildman–Crippen MR) is 117 cm³/mol. The molecule has 0 aliphatic carbocycles. The topological polar surface area (TPSA) is 75.7 Å². The van der Waals surface area contributed by atoms with E-state index in [1.54, 1.807) is 32.0 Å². The largest absolute Gasteiger partial charge is 0.491 e. The average molecular weight is 439 g/mol. The second kappa shape index (κ2) is 9.50. The molecule has 0 spiro atoms. The van der Waals surface area contributed by atoms with Crippen molar-refractivity contribution in [2.75, 3.05) is 10.6 Å². The van der Waals surface area contributed by atoms with Crippen molar-refractivity contribution in [2.24, 2.45) is 0 Å².